The van der Waals surface area contributed by atoms with Crippen LogP contribution in [0.1, 0.15) is 6.92 Å². The van der Waals surface area contributed by atoms with Gasteiger partial charge in [0.25, 0.3) is 0 Å². The number of nitrogens with one attached hydrogen (secondary N) is 1. The summed E-state index contributed by atoms with van der Waals surface area (Å²) in [5.74, 6) is 0.0191. The first-order valence-electron chi connectivity index (χ1n) is 6.06. The summed E-state index contributed by atoms with van der Waals surface area (Å²) in [6.45, 7) is 1.90. The minimum absolute atomic E-state index is 0.0191. The lowest BCUT2D eigenvalue weighted by Gasteiger charge is -2.25. The van der Waals surface area contributed by atoms with Crippen LogP contribution in [-0.4, -0.2) is 26.0 Å². The van der Waals surface area contributed by atoms with Crippen LogP contribution < -0.4 is 10.2 Å². The average Bonchev–Trinajstić information content (AvgIpc) is 2.44. The van der Waals surface area contributed by atoms with E-state index in [1.165, 1.54) is 10.8 Å². The van der Waals surface area contributed by atoms with Gasteiger partial charge in [0.05, 0.1) is 0 Å². The first-order valence-corrected chi connectivity index (χ1v) is 6.06. The molecule has 94 valence electrons. The molecule has 0 bridgehead atoms. The number of fused-ring (bicyclic) bond motifs is 1. The largest absolute Gasteiger partial charge is 0.363 e. The van der Waals surface area contributed by atoms with Crippen LogP contribution in [0.4, 0.5) is 5.69 Å². The number of anilines is 1. The predicted octanol–water partition coefficient (Wildman–Crippen LogP) is 2.41. The van der Waals surface area contributed by atoms with E-state index in [1.54, 1.807) is 7.05 Å². The summed E-state index contributed by atoms with van der Waals surface area (Å²) in [5, 5.41) is 5.07. The Kier molecular flexibility index (Phi) is 3.51. The topological polar surface area (TPSA) is 32.3 Å². The number of likely N-dealkylation sites (N-methyl/N-ethyl adjacent to an activating group) is 2. The standard InChI is InChI=1S/C15H18N2O/c1-11(15(18)16-2)17(3)14-9-8-12-6-4-5-7-13(12)10-14/h4-11H,1-3H3,(H,16,18)/t11-/m1/s1. The van der Waals surface area contributed by atoms with Crippen LogP contribution in [0.3, 0.4) is 0 Å². The Bertz CT molecular complexity index is 565. The zero-order valence-corrected chi connectivity index (χ0v) is 11.0. The van der Waals surface area contributed by atoms with Gasteiger partial charge in [-0.25, -0.2) is 0 Å². The zero-order chi connectivity index (χ0) is 13.1. The molecule has 0 unspecified atom stereocenters. The fraction of sp³-hybridized carbons (Fsp3) is 0.267. The van der Waals surface area contributed by atoms with Crippen LogP contribution in [0.25, 0.3) is 10.8 Å². The van der Waals surface area contributed by atoms with Crippen LogP contribution in [0.2, 0.25) is 0 Å². The fourth-order valence-corrected chi connectivity index (χ4v) is 2.00. The van der Waals surface area contributed by atoms with Gasteiger partial charge in [-0.2, -0.15) is 0 Å². The molecule has 0 saturated heterocycles. The highest BCUT2D eigenvalue weighted by Gasteiger charge is 2.16. The third kappa shape index (κ3) is 2.30. The smallest absolute Gasteiger partial charge is 0.242 e. The van der Waals surface area contributed by atoms with Crippen molar-refractivity contribution in [3.05, 3.63) is 42.5 Å². The van der Waals surface area contributed by atoms with E-state index >= 15 is 0 Å². The number of carbonyl (C=O) groups excluding carboxylic acids is 1. The maximum Gasteiger partial charge on any atom is 0.242 e. The molecular formula is C15H18N2O. The quantitative estimate of drug-likeness (QED) is 0.896. The van der Waals surface area contributed by atoms with E-state index < -0.39 is 0 Å². The molecule has 0 aliphatic carbocycles. The fourth-order valence-electron chi connectivity index (χ4n) is 2.00. The lowest BCUT2D eigenvalue weighted by atomic mass is 10.1. The molecule has 0 spiro atoms. The summed E-state index contributed by atoms with van der Waals surface area (Å²) in [6, 6.07) is 14.3. The van der Waals surface area contributed by atoms with Crippen LogP contribution in [0.15, 0.2) is 42.5 Å². The van der Waals surface area contributed by atoms with E-state index in [-0.39, 0.29) is 11.9 Å². The lowest BCUT2D eigenvalue weighted by molar-refractivity contribution is -0.121. The molecular weight excluding hydrogens is 224 g/mol. The van der Waals surface area contributed by atoms with Gasteiger partial charge in [-0.3, -0.25) is 4.79 Å². The van der Waals surface area contributed by atoms with Gasteiger partial charge in [0.2, 0.25) is 5.91 Å². The van der Waals surface area contributed by atoms with E-state index in [1.807, 2.05) is 37.1 Å². The second kappa shape index (κ2) is 5.08. The van der Waals surface area contributed by atoms with Crippen LogP contribution in [0.5, 0.6) is 0 Å². The SMILES string of the molecule is CNC(=O)[C@@H](C)N(C)c1ccc2ccccc2c1. The van der Waals surface area contributed by atoms with Crippen LogP contribution in [0, 0.1) is 0 Å². The van der Waals surface area contributed by atoms with Gasteiger partial charge in [-0.05, 0) is 29.8 Å². The predicted molar refractivity (Wildman–Crippen MR) is 75.9 cm³/mol. The molecule has 0 fully saturated rings. The molecule has 0 aliphatic rings. The average molecular weight is 242 g/mol. The summed E-state index contributed by atoms with van der Waals surface area (Å²) in [7, 11) is 3.59. The van der Waals surface area contributed by atoms with Crippen molar-refractivity contribution in [1.82, 2.24) is 5.32 Å². The minimum Gasteiger partial charge on any atom is -0.363 e. The molecule has 2 aromatic rings. The van der Waals surface area contributed by atoms with Crippen molar-refractivity contribution >= 4 is 22.4 Å². The maximum atomic E-state index is 11.6. The number of hydrogen-bond donors (Lipinski definition) is 1. The molecule has 2 aromatic carbocycles. The van der Waals surface area contributed by atoms with Gasteiger partial charge in [0, 0.05) is 19.8 Å². The lowest BCUT2D eigenvalue weighted by Crippen LogP contribution is -2.41. The Balaban J connectivity index is 2.33. The van der Waals surface area contributed by atoms with Crippen molar-refractivity contribution in [2.24, 2.45) is 0 Å². The molecule has 3 heteroatoms. The molecule has 18 heavy (non-hydrogen) atoms. The molecule has 1 atom stereocenters. The van der Waals surface area contributed by atoms with Crippen molar-refractivity contribution in [2.75, 3.05) is 19.0 Å². The number of hydrogen-bond acceptors (Lipinski definition) is 2. The number of nitrogens with zero attached hydrogens (tertiary/aromatic N) is 1. The molecule has 0 radical (unpaired) electrons. The van der Waals surface area contributed by atoms with Gasteiger partial charge < -0.3 is 10.2 Å². The highest BCUT2D eigenvalue weighted by Crippen LogP contribution is 2.22. The zero-order valence-electron chi connectivity index (χ0n) is 11.0. The number of benzene rings is 2. The first kappa shape index (κ1) is 12.4. The molecule has 1 amide bonds. The van der Waals surface area contributed by atoms with Crippen molar-refractivity contribution in [3.63, 3.8) is 0 Å². The Morgan fingerprint density at radius 3 is 2.50 bits per heavy atom. The van der Waals surface area contributed by atoms with E-state index in [2.05, 4.69) is 29.6 Å². The number of rotatable bonds is 3. The summed E-state index contributed by atoms with van der Waals surface area (Å²) in [5.41, 5.74) is 1.05. The van der Waals surface area contributed by atoms with Gasteiger partial charge in [-0.1, -0.05) is 30.3 Å². The molecule has 2 rings (SSSR count). The van der Waals surface area contributed by atoms with Crippen molar-refractivity contribution in [3.8, 4) is 0 Å². The van der Waals surface area contributed by atoms with E-state index in [0.717, 1.165) is 5.69 Å². The summed E-state index contributed by atoms with van der Waals surface area (Å²) >= 11 is 0. The van der Waals surface area contributed by atoms with Gasteiger partial charge >= 0.3 is 0 Å². The summed E-state index contributed by atoms with van der Waals surface area (Å²) in [4.78, 5) is 13.6. The minimum atomic E-state index is -0.184. The Hall–Kier alpha value is -2.03. The molecule has 3 nitrogen and oxygen atoms in total. The Morgan fingerprint density at radius 1 is 1.17 bits per heavy atom. The highest BCUT2D eigenvalue weighted by molar-refractivity contribution is 5.88. The highest BCUT2D eigenvalue weighted by atomic mass is 16.2. The maximum absolute atomic E-state index is 11.6. The van der Waals surface area contributed by atoms with Gasteiger partial charge in [0.15, 0.2) is 0 Å². The monoisotopic (exact) mass is 242 g/mol. The molecule has 0 aliphatic heterocycles. The number of carbonyl (C=O) groups is 1. The Labute approximate surface area is 107 Å². The Morgan fingerprint density at radius 2 is 1.83 bits per heavy atom. The number of amides is 1. The van der Waals surface area contributed by atoms with Gasteiger partial charge in [0.1, 0.15) is 6.04 Å². The molecule has 0 aromatic heterocycles. The van der Waals surface area contributed by atoms with E-state index in [0.29, 0.717) is 0 Å². The second-order valence-electron chi connectivity index (χ2n) is 4.43. The molecule has 0 heterocycles. The van der Waals surface area contributed by atoms with E-state index in [9.17, 15) is 4.79 Å². The third-order valence-corrected chi connectivity index (χ3v) is 3.35. The van der Waals surface area contributed by atoms with E-state index in [4.69, 9.17) is 0 Å². The first-order chi connectivity index (χ1) is 8.63. The second-order valence-corrected chi connectivity index (χ2v) is 4.43. The summed E-state index contributed by atoms with van der Waals surface area (Å²) < 4.78 is 0. The molecule has 1 N–H and O–H groups in total. The van der Waals surface area contributed by atoms with Crippen LogP contribution in [-0.2, 0) is 4.79 Å². The normalized spacial score (nSPS) is 12.2. The van der Waals surface area contributed by atoms with Gasteiger partial charge in [-0.15, -0.1) is 0 Å². The molecule has 0 saturated carbocycles. The summed E-state index contributed by atoms with van der Waals surface area (Å²) in [6.07, 6.45) is 0. The third-order valence-electron chi connectivity index (χ3n) is 3.35. The van der Waals surface area contributed by atoms with Crippen molar-refractivity contribution in [2.45, 2.75) is 13.0 Å². The van der Waals surface area contributed by atoms with Crippen molar-refractivity contribution < 1.29 is 4.79 Å². The van der Waals surface area contributed by atoms with Crippen LogP contribution >= 0.6 is 0 Å². The van der Waals surface area contributed by atoms with Crippen molar-refractivity contribution in [1.29, 1.82) is 0 Å².